The van der Waals surface area contributed by atoms with E-state index in [1.54, 1.807) is 19.1 Å². The van der Waals surface area contributed by atoms with Crippen LogP contribution in [0.15, 0.2) is 57.8 Å². The topological polar surface area (TPSA) is 56.0 Å². The molecule has 2 aromatic carbocycles. The van der Waals surface area contributed by atoms with Gasteiger partial charge in [0.15, 0.2) is 5.58 Å². The van der Waals surface area contributed by atoms with E-state index in [0.717, 1.165) is 17.5 Å². The van der Waals surface area contributed by atoms with Gasteiger partial charge in [0.1, 0.15) is 11.2 Å². The highest BCUT2D eigenvalue weighted by atomic mass is 32.2. The van der Waals surface area contributed by atoms with Crippen LogP contribution in [0.2, 0.25) is 0 Å². The highest BCUT2D eigenvalue weighted by molar-refractivity contribution is 7.85. The van der Waals surface area contributed by atoms with Crippen molar-refractivity contribution in [1.82, 2.24) is 9.97 Å². The number of oxazole rings is 1. The lowest BCUT2D eigenvalue weighted by Gasteiger charge is -2.07. The monoisotopic (exact) mass is 390 g/mol. The Morgan fingerprint density at radius 2 is 1.81 bits per heavy atom. The van der Waals surface area contributed by atoms with Gasteiger partial charge in [-0.15, -0.1) is 0 Å². The zero-order valence-corrected chi connectivity index (χ0v) is 14.9. The van der Waals surface area contributed by atoms with Crippen LogP contribution in [0, 0.1) is 0 Å². The minimum absolute atomic E-state index is 0.0480. The van der Waals surface area contributed by atoms with Crippen LogP contribution in [-0.4, -0.2) is 19.9 Å². The predicted molar refractivity (Wildman–Crippen MR) is 96.7 cm³/mol. The first-order valence-electron chi connectivity index (χ1n) is 8.13. The third kappa shape index (κ3) is 3.21. The summed E-state index contributed by atoms with van der Waals surface area (Å²) in [6, 6.07) is 12.2. The maximum Gasteiger partial charge on any atom is 0.416 e. The van der Waals surface area contributed by atoms with Crippen LogP contribution >= 0.6 is 0 Å². The second kappa shape index (κ2) is 6.45. The SMILES string of the molecule is CCS(=O)c1cc2ccccc2nc1-c1nc2cc(C(F)(F)F)ccc2o1. The molecule has 0 saturated heterocycles. The van der Waals surface area contributed by atoms with Gasteiger partial charge in [0.05, 0.1) is 26.8 Å². The molecule has 0 aliphatic heterocycles. The van der Waals surface area contributed by atoms with Crippen molar-refractivity contribution >= 4 is 32.8 Å². The maximum absolute atomic E-state index is 12.9. The van der Waals surface area contributed by atoms with E-state index in [0.29, 0.717) is 16.2 Å². The summed E-state index contributed by atoms with van der Waals surface area (Å²) in [5, 5.41) is 0.813. The van der Waals surface area contributed by atoms with Crippen molar-refractivity contribution in [3.63, 3.8) is 0 Å². The van der Waals surface area contributed by atoms with Crippen molar-refractivity contribution in [2.24, 2.45) is 0 Å². The second-order valence-corrected chi connectivity index (χ2v) is 7.57. The number of hydrogen-bond acceptors (Lipinski definition) is 4. The first-order valence-corrected chi connectivity index (χ1v) is 9.45. The molecular weight excluding hydrogens is 377 g/mol. The van der Waals surface area contributed by atoms with E-state index in [4.69, 9.17) is 4.42 Å². The lowest BCUT2D eigenvalue weighted by molar-refractivity contribution is -0.137. The van der Waals surface area contributed by atoms with E-state index < -0.39 is 22.5 Å². The summed E-state index contributed by atoms with van der Waals surface area (Å²) >= 11 is 0. The molecular formula is C19H13F3N2O2S. The van der Waals surface area contributed by atoms with Crippen LogP contribution in [0.5, 0.6) is 0 Å². The lowest BCUT2D eigenvalue weighted by atomic mass is 10.2. The molecule has 1 unspecified atom stereocenters. The second-order valence-electron chi connectivity index (χ2n) is 5.86. The molecule has 0 spiro atoms. The number of hydrogen-bond donors (Lipinski definition) is 0. The molecule has 8 heteroatoms. The van der Waals surface area contributed by atoms with Gasteiger partial charge in [-0.2, -0.15) is 13.2 Å². The molecule has 0 saturated carbocycles. The molecule has 0 aliphatic carbocycles. The Morgan fingerprint density at radius 1 is 1.04 bits per heavy atom. The quantitative estimate of drug-likeness (QED) is 0.483. The molecule has 0 aliphatic rings. The van der Waals surface area contributed by atoms with Crippen LogP contribution < -0.4 is 0 Å². The van der Waals surface area contributed by atoms with Gasteiger partial charge >= 0.3 is 6.18 Å². The lowest BCUT2D eigenvalue weighted by Crippen LogP contribution is -2.04. The Morgan fingerprint density at radius 3 is 2.56 bits per heavy atom. The molecule has 2 heterocycles. The Hall–Kier alpha value is -2.74. The Kier molecular flexibility index (Phi) is 4.22. The third-order valence-corrected chi connectivity index (χ3v) is 5.44. The van der Waals surface area contributed by atoms with E-state index in [-0.39, 0.29) is 22.7 Å². The largest absolute Gasteiger partial charge is 0.435 e. The van der Waals surface area contributed by atoms with Gasteiger partial charge in [-0.25, -0.2) is 9.97 Å². The number of alkyl halides is 3. The molecule has 0 bridgehead atoms. The molecule has 4 aromatic rings. The van der Waals surface area contributed by atoms with Crippen LogP contribution in [0.1, 0.15) is 12.5 Å². The first-order chi connectivity index (χ1) is 12.9. The molecule has 1 atom stereocenters. The normalized spacial score (nSPS) is 13.3. The van der Waals surface area contributed by atoms with Gasteiger partial charge in [0.2, 0.25) is 5.89 Å². The Bertz CT molecular complexity index is 1180. The summed E-state index contributed by atoms with van der Waals surface area (Å²) in [5.74, 6) is 0.415. The molecule has 4 rings (SSSR count). The zero-order chi connectivity index (χ0) is 19.2. The van der Waals surface area contributed by atoms with Gasteiger partial charge in [0, 0.05) is 11.1 Å². The van der Waals surface area contributed by atoms with Crippen LogP contribution in [0.25, 0.3) is 33.6 Å². The molecule has 138 valence electrons. The number of nitrogens with zero attached hydrogens (tertiary/aromatic N) is 2. The number of rotatable bonds is 3. The van der Waals surface area contributed by atoms with Gasteiger partial charge in [-0.3, -0.25) is 4.21 Å². The van der Waals surface area contributed by atoms with Crippen molar-refractivity contribution in [3.05, 3.63) is 54.1 Å². The summed E-state index contributed by atoms with van der Waals surface area (Å²) in [6.45, 7) is 1.77. The number of benzene rings is 2. The van der Waals surface area contributed by atoms with Crippen molar-refractivity contribution < 1.29 is 21.8 Å². The molecule has 4 nitrogen and oxygen atoms in total. The number of pyridine rings is 1. The van der Waals surface area contributed by atoms with E-state index in [9.17, 15) is 17.4 Å². The van der Waals surface area contributed by atoms with Crippen LogP contribution in [0.4, 0.5) is 13.2 Å². The summed E-state index contributed by atoms with van der Waals surface area (Å²) in [7, 11) is -1.34. The fraction of sp³-hybridized carbons (Fsp3) is 0.158. The Labute approximate surface area is 154 Å². The van der Waals surface area contributed by atoms with E-state index in [2.05, 4.69) is 9.97 Å². The first kappa shape index (κ1) is 17.7. The van der Waals surface area contributed by atoms with E-state index >= 15 is 0 Å². The van der Waals surface area contributed by atoms with E-state index in [1.807, 2.05) is 18.2 Å². The van der Waals surface area contributed by atoms with Gasteiger partial charge < -0.3 is 4.42 Å². The molecule has 2 aromatic heterocycles. The summed E-state index contributed by atoms with van der Waals surface area (Å²) in [4.78, 5) is 9.13. The number of para-hydroxylation sites is 1. The molecule has 27 heavy (non-hydrogen) atoms. The Balaban J connectivity index is 1.94. The maximum atomic E-state index is 12.9. The van der Waals surface area contributed by atoms with Crippen LogP contribution in [-0.2, 0) is 17.0 Å². The standard InChI is InChI=1S/C19H13F3N2O2S/c1-2-27(25)16-9-11-5-3-4-6-13(11)23-17(16)18-24-14-10-12(19(20,21)22)7-8-15(14)26-18/h3-10H,2H2,1H3. The van der Waals surface area contributed by atoms with Crippen molar-refractivity contribution in [2.75, 3.05) is 5.75 Å². The smallest absolute Gasteiger partial charge is 0.416 e. The van der Waals surface area contributed by atoms with E-state index in [1.165, 1.54) is 6.07 Å². The molecule has 0 radical (unpaired) electrons. The predicted octanol–water partition coefficient (Wildman–Crippen LogP) is 5.19. The minimum Gasteiger partial charge on any atom is -0.435 e. The highest BCUT2D eigenvalue weighted by Gasteiger charge is 2.31. The van der Waals surface area contributed by atoms with Crippen molar-refractivity contribution in [1.29, 1.82) is 0 Å². The van der Waals surface area contributed by atoms with Gasteiger partial charge in [-0.05, 0) is 30.3 Å². The third-order valence-electron chi connectivity index (χ3n) is 4.11. The fourth-order valence-corrected chi connectivity index (χ4v) is 3.70. The summed E-state index contributed by atoms with van der Waals surface area (Å²) in [6.07, 6.45) is -4.47. The summed E-state index contributed by atoms with van der Waals surface area (Å²) < 4.78 is 56.9. The average molecular weight is 390 g/mol. The van der Waals surface area contributed by atoms with Crippen molar-refractivity contribution in [3.8, 4) is 11.6 Å². The number of fused-ring (bicyclic) bond motifs is 2. The highest BCUT2D eigenvalue weighted by Crippen LogP contribution is 2.34. The van der Waals surface area contributed by atoms with Gasteiger partial charge in [-0.1, -0.05) is 25.1 Å². The number of aromatic nitrogens is 2. The molecule has 0 fully saturated rings. The average Bonchev–Trinajstić information content (AvgIpc) is 3.08. The molecule has 0 amide bonds. The zero-order valence-electron chi connectivity index (χ0n) is 14.1. The molecule has 0 N–H and O–H groups in total. The summed E-state index contributed by atoms with van der Waals surface area (Å²) in [5.41, 5.74) is 0.407. The fourth-order valence-electron chi connectivity index (χ4n) is 2.78. The van der Waals surface area contributed by atoms with Gasteiger partial charge in [0.25, 0.3) is 0 Å². The van der Waals surface area contributed by atoms with Crippen LogP contribution in [0.3, 0.4) is 0 Å². The minimum atomic E-state index is -4.47. The van der Waals surface area contributed by atoms with Crippen molar-refractivity contribution in [2.45, 2.75) is 18.0 Å². The number of halogens is 3.